The summed E-state index contributed by atoms with van der Waals surface area (Å²) in [6.07, 6.45) is -1.53. The molecule has 1 aliphatic heterocycles. The molecular weight excluding hydrogens is 266 g/mol. The van der Waals surface area contributed by atoms with E-state index in [0.29, 0.717) is 17.9 Å². The summed E-state index contributed by atoms with van der Waals surface area (Å²) < 4.78 is 11.5. The fraction of sp³-hybridized carbons (Fsp3) is 0.889. The van der Waals surface area contributed by atoms with Gasteiger partial charge in [-0.3, -0.25) is 9.00 Å². The lowest BCUT2D eigenvalue weighted by Crippen LogP contribution is -2.32. The highest BCUT2D eigenvalue weighted by Gasteiger charge is 2.39. The predicted molar refractivity (Wildman–Crippen MR) is 66.4 cm³/mol. The first-order chi connectivity index (χ1) is 7.93. The molecule has 1 saturated heterocycles. The van der Waals surface area contributed by atoms with E-state index in [1.165, 1.54) is 11.8 Å². The van der Waals surface area contributed by atoms with Gasteiger partial charge >= 0.3 is 5.97 Å². The maximum Gasteiger partial charge on any atom is 0.320 e. The summed E-state index contributed by atoms with van der Waals surface area (Å²) in [5.41, 5.74) is 5.33. The molecule has 17 heavy (non-hydrogen) atoms. The molecule has 0 amide bonds. The molecule has 0 saturated carbocycles. The molecule has 0 aromatic carbocycles. The third kappa shape index (κ3) is 4.22. The lowest BCUT2D eigenvalue weighted by atomic mass is 10.2. The quantitative estimate of drug-likeness (QED) is 0.432. The first-order valence-corrected chi connectivity index (χ1v) is 7.76. The maximum atomic E-state index is 11.5. The fourth-order valence-corrected chi connectivity index (χ4v) is 4.69. The minimum atomic E-state index is -1.21. The van der Waals surface area contributed by atoms with Gasteiger partial charge < -0.3 is 21.1 Å². The Labute approximate surface area is 106 Å². The van der Waals surface area contributed by atoms with Crippen LogP contribution in [-0.2, 0) is 15.6 Å². The van der Waals surface area contributed by atoms with Crippen molar-refractivity contribution in [2.45, 2.75) is 29.9 Å². The topological polar surface area (TPSA) is 121 Å². The molecule has 6 nitrogen and oxygen atoms in total. The summed E-state index contributed by atoms with van der Waals surface area (Å²) in [5.74, 6) is 0.0489. The first-order valence-electron chi connectivity index (χ1n) is 5.23. The number of nitrogens with two attached hydrogens (primary N) is 1. The number of aliphatic carboxylic acids is 1. The number of rotatable bonds is 6. The van der Waals surface area contributed by atoms with Gasteiger partial charge in [0.25, 0.3) is 0 Å². The SMILES string of the molecule is NC(CCSC[C@@H]1[C@@H](O)[C@@H](O)CS1=O)C(=O)O. The van der Waals surface area contributed by atoms with E-state index in [-0.39, 0.29) is 5.75 Å². The lowest BCUT2D eigenvalue weighted by molar-refractivity contribution is -0.138. The van der Waals surface area contributed by atoms with Crippen molar-refractivity contribution in [3.05, 3.63) is 0 Å². The van der Waals surface area contributed by atoms with Crippen LogP contribution in [0.5, 0.6) is 0 Å². The molecule has 2 unspecified atom stereocenters. The van der Waals surface area contributed by atoms with Gasteiger partial charge in [-0.15, -0.1) is 0 Å². The molecule has 100 valence electrons. The average molecular weight is 283 g/mol. The van der Waals surface area contributed by atoms with Crippen LogP contribution in [0.2, 0.25) is 0 Å². The van der Waals surface area contributed by atoms with Crippen LogP contribution < -0.4 is 5.73 Å². The van der Waals surface area contributed by atoms with Gasteiger partial charge in [0, 0.05) is 16.6 Å². The average Bonchev–Trinajstić information content (AvgIpc) is 2.49. The summed E-state index contributed by atoms with van der Waals surface area (Å²) in [6, 6.07) is -0.882. The van der Waals surface area contributed by atoms with Gasteiger partial charge in [0.15, 0.2) is 0 Å². The van der Waals surface area contributed by atoms with Gasteiger partial charge in [-0.05, 0) is 12.2 Å². The Morgan fingerprint density at radius 3 is 2.65 bits per heavy atom. The smallest absolute Gasteiger partial charge is 0.320 e. The molecule has 1 heterocycles. The zero-order chi connectivity index (χ0) is 13.0. The van der Waals surface area contributed by atoms with E-state index >= 15 is 0 Å². The van der Waals surface area contributed by atoms with E-state index in [1.807, 2.05) is 0 Å². The van der Waals surface area contributed by atoms with Crippen molar-refractivity contribution in [1.82, 2.24) is 0 Å². The normalized spacial score (nSPS) is 34.8. The largest absolute Gasteiger partial charge is 0.480 e. The van der Waals surface area contributed by atoms with E-state index in [4.69, 9.17) is 10.8 Å². The number of carboxylic acid groups (broad SMARTS) is 1. The number of aliphatic hydroxyl groups is 2. The monoisotopic (exact) mass is 283 g/mol. The zero-order valence-electron chi connectivity index (χ0n) is 9.19. The molecule has 1 fully saturated rings. The van der Waals surface area contributed by atoms with Crippen LogP contribution in [0.15, 0.2) is 0 Å². The molecule has 0 aliphatic carbocycles. The minimum absolute atomic E-state index is 0.112. The second-order valence-corrected chi connectivity index (χ2v) is 6.80. The molecular formula is C9H17NO5S2. The first kappa shape index (κ1) is 14.9. The standard InChI is InChI=1S/C9H17NO5S2/c10-5(9(13)14)1-2-16-3-7-8(12)6(11)4-17(7)15/h5-8,11-12H,1-4,10H2,(H,13,14)/t5?,6-,7+,8-,17?/m0/s1. The van der Waals surface area contributed by atoms with Crippen molar-refractivity contribution < 1.29 is 24.3 Å². The van der Waals surface area contributed by atoms with Gasteiger partial charge in [0.05, 0.1) is 23.2 Å². The molecule has 0 aromatic rings. The highest BCUT2D eigenvalue weighted by Crippen LogP contribution is 2.22. The number of carboxylic acids is 1. The van der Waals surface area contributed by atoms with Gasteiger partial charge in [-0.1, -0.05) is 0 Å². The highest BCUT2D eigenvalue weighted by atomic mass is 32.2. The van der Waals surface area contributed by atoms with Crippen LogP contribution in [0.4, 0.5) is 0 Å². The number of hydrogen-bond acceptors (Lipinski definition) is 6. The van der Waals surface area contributed by atoms with Crippen LogP contribution in [-0.4, -0.2) is 66.3 Å². The Morgan fingerprint density at radius 1 is 1.53 bits per heavy atom. The molecule has 0 radical (unpaired) electrons. The molecule has 0 aromatic heterocycles. The predicted octanol–water partition coefficient (Wildman–Crippen LogP) is -1.63. The third-order valence-corrected chi connectivity index (χ3v) is 5.74. The van der Waals surface area contributed by atoms with Crippen LogP contribution in [0, 0.1) is 0 Å². The van der Waals surface area contributed by atoms with E-state index in [9.17, 15) is 19.2 Å². The van der Waals surface area contributed by atoms with Gasteiger partial charge in [0.2, 0.25) is 0 Å². The maximum absolute atomic E-state index is 11.5. The molecule has 5 atom stereocenters. The van der Waals surface area contributed by atoms with Crippen LogP contribution in [0.25, 0.3) is 0 Å². The van der Waals surface area contributed by atoms with Crippen molar-refractivity contribution in [2.75, 3.05) is 17.3 Å². The van der Waals surface area contributed by atoms with Gasteiger partial charge in [-0.2, -0.15) is 11.8 Å². The number of carbonyl (C=O) groups is 1. The molecule has 0 bridgehead atoms. The molecule has 1 rings (SSSR count). The second-order valence-electron chi connectivity index (χ2n) is 3.95. The summed E-state index contributed by atoms with van der Waals surface area (Å²) in [7, 11) is -1.21. The molecule has 8 heteroatoms. The molecule has 5 N–H and O–H groups in total. The Bertz CT molecular complexity index is 301. The fourth-order valence-electron chi connectivity index (χ4n) is 1.50. The van der Waals surface area contributed by atoms with Crippen molar-refractivity contribution >= 4 is 28.5 Å². The van der Waals surface area contributed by atoms with E-state index < -0.39 is 40.3 Å². The highest BCUT2D eigenvalue weighted by molar-refractivity contribution is 8.00. The third-order valence-electron chi connectivity index (χ3n) is 2.62. The zero-order valence-corrected chi connectivity index (χ0v) is 10.8. The van der Waals surface area contributed by atoms with Crippen molar-refractivity contribution in [3.63, 3.8) is 0 Å². The number of aliphatic hydroxyl groups excluding tert-OH is 2. The minimum Gasteiger partial charge on any atom is -0.480 e. The molecule has 1 aliphatic rings. The second kappa shape index (κ2) is 6.69. The summed E-state index contributed by atoms with van der Waals surface area (Å²) >= 11 is 1.40. The van der Waals surface area contributed by atoms with Crippen molar-refractivity contribution in [1.29, 1.82) is 0 Å². The van der Waals surface area contributed by atoms with Crippen LogP contribution in [0.3, 0.4) is 0 Å². The molecule has 0 spiro atoms. The Kier molecular flexibility index (Phi) is 5.87. The Morgan fingerprint density at radius 2 is 2.18 bits per heavy atom. The van der Waals surface area contributed by atoms with Crippen LogP contribution in [0.1, 0.15) is 6.42 Å². The van der Waals surface area contributed by atoms with Gasteiger partial charge in [-0.25, -0.2) is 0 Å². The van der Waals surface area contributed by atoms with Crippen molar-refractivity contribution in [2.24, 2.45) is 5.73 Å². The lowest BCUT2D eigenvalue weighted by Gasteiger charge is -2.14. The number of hydrogen-bond donors (Lipinski definition) is 4. The summed E-state index contributed by atoms with van der Waals surface area (Å²) in [4.78, 5) is 10.4. The van der Waals surface area contributed by atoms with E-state index in [0.717, 1.165) is 0 Å². The summed E-state index contributed by atoms with van der Waals surface area (Å²) in [5, 5.41) is 27.0. The number of thioether (sulfide) groups is 1. The van der Waals surface area contributed by atoms with Crippen LogP contribution >= 0.6 is 11.8 Å². The Hall–Kier alpha value is -0.150. The Balaban J connectivity index is 2.23. The van der Waals surface area contributed by atoms with E-state index in [2.05, 4.69) is 0 Å². The summed E-state index contributed by atoms with van der Waals surface area (Å²) in [6.45, 7) is 0. The van der Waals surface area contributed by atoms with Gasteiger partial charge in [0.1, 0.15) is 6.04 Å². The van der Waals surface area contributed by atoms with Crippen molar-refractivity contribution in [3.8, 4) is 0 Å². The van der Waals surface area contributed by atoms with E-state index in [1.54, 1.807) is 0 Å².